The molecule has 0 bridgehead atoms. The Labute approximate surface area is 210 Å². The van der Waals surface area contributed by atoms with Gasteiger partial charge in [-0.3, -0.25) is 9.59 Å². The summed E-state index contributed by atoms with van der Waals surface area (Å²) in [4.78, 5) is 37.8. The summed E-state index contributed by atoms with van der Waals surface area (Å²) in [7, 11) is 1.28. The van der Waals surface area contributed by atoms with E-state index in [-0.39, 0.29) is 0 Å². The highest BCUT2D eigenvalue weighted by Crippen LogP contribution is 2.39. The zero-order valence-corrected chi connectivity index (χ0v) is 20.4. The predicted molar refractivity (Wildman–Crippen MR) is 134 cm³/mol. The van der Waals surface area contributed by atoms with Crippen LogP contribution in [0.5, 0.6) is 5.75 Å². The van der Waals surface area contributed by atoms with Crippen LogP contribution in [0.3, 0.4) is 0 Å². The second-order valence-corrected chi connectivity index (χ2v) is 9.24. The number of anilines is 1. The number of thiophene rings is 1. The van der Waals surface area contributed by atoms with E-state index >= 15 is 0 Å². The van der Waals surface area contributed by atoms with Crippen molar-refractivity contribution in [3.63, 3.8) is 0 Å². The van der Waals surface area contributed by atoms with E-state index in [2.05, 4.69) is 15.8 Å². The molecule has 0 aliphatic heterocycles. The first-order chi connectivity index (χ1) is 16.9. The average Bonchev–Trinajstić information content (AvgIpc) is 3.44. The topological polar surface area (TPSA) is 106 Å². The third-order valence-electron chi connectivity index (χ3n) is 5.30. The molecule has 3 aromatic rings. The van der Waals surface area contributed by atoms with Gasteiger partial charge in [-0.25, -0.2) is 10.2 Å². The van der Waals surface area contributed by atoms with Gasteiger partial charge in [0, 0.05) is 9.90 Å². The smallest absolute Gasteiger partial charge is 0.341 e. The maximum Gasteiger partial charge on any atom is 0.341 e. The first kappa shape index (κ1) is 24.4. The molecule has 2 N–H and O–H groups in total. The molecule has 4 rings (SSSR count). The van der Waals surface area contributed by atoms with E-state index in [1.54, 1.807) is 36.4 Å². The Bertz CT molecular complexity index is 1290. The summed E-state index contributed by atoms with van der Waals surface area (Å²) in [5.41, 5.74) is 5.05. The number of nitrogens with one attached hydrogen (secondary N) is 2. The maximum absolute atomic E-state index is 12.4. The number of ether oxygens (including phenoxy) is 2. The van der Waals surface area contributed by atoms with Gasteiger partial charge >= 0.3 is 17.8 Å². The van der Waals surface area contributed by atoms with Crippen molar-refractivity contribution in [2.45, 2.75) is 25.9 Å². The number of hydrazone groups is 1. The molecule has 0 unspecified atom stereocenters. The lowest BCUT2D eigenvalue weighted by Crippen LogP contribution is -2.32. The number of rotatable bonds is 7. The molecule has 8 nitrogen and oxygen atoms in total. The van der Waals surface area contributed by atoms with Crippen LogP contribution in [0.4, 0.5) is 5.00 Å². The van der Waals surface area contributed by atoms with Crippen LogP contribution in [-0.2, 0) is 33.8 Å². The molecule has 0 saturated heterocycles. The molecule has 0 fully saturated rings. The van der Waals surface area contributed by atoms with Crippen LogP contribution < -0.4 is 15.5 Å². The van der Waals surface area contributed by atoms with Gasteiger partial charge in [0.1, 0.15) is 17.4 Å². The number of hydrogen-bond donors (Lipinski definition) is 2. The van der Waals surface area contributed by atoms with Gasteiger partial charge in [0.15, 0.2) is 0 Å². The van der Waals surface area contributed by atoms with E-state index in [4.69, 9.17) is 21.1 Å². The number of benzene rings is 2. The molecular formula is C25H22ClN3O5S. The number of methoxy groups -OCH3 is 1. The number of aryl methyl sites for hydroxylation is 1. The summed E-state index contributed by atoms with van der Waals surface area (Å²) in [5.74, 6) is -1.79. The minimum atomic E-state index is -0.958. The molecule has 2 aromatic carbocycles. The largest absolute Gasteiger partial charge is 0.489 e. The standard InChI is InChI=1S/C25H22ClN3O5S/c1-33-25(32)21-19-6-3-7-20(19)35-24(21)28-22(30)23(31)29-27-13-16-4-2-5-18(12-16)34-14-15-8-10-17(26)11-9-15/h2,4-5,8-13H,3,6-7,14H2,1H3,(H,28,30)(H,29,31)/b27-13+. The summed E-state index contributed by atoms with van der Waals surface area (Å²) in [5, 5.41) is 7.34. The Hall–Kier alpha value is -3.69. The summed E-state index contributed by atoms with van der Waals surface area (Å²) in [6.07, 6.45) is 3.92. The van der Waals surface area contributed by atoms with Crippen molar-refractivity contribution in [1.29, 1.82) is 0 Å². The van der Waals surface area contributed by atoms with E-state index in [0.29, 0.717) is 33.5 Å². The highest BCUT2D eigenvalue weighted by molar-refractivity contribution is 7.17. The molecule has 2 amide bonds. The SMILES string of the molecule is COC(=O)c1c(NC(=O)C(=O)N/N=C/c2cccc(OCc3ccc(Cl)cc3)c2)sc2c1CCC2. The van der Waals surface area contributed by atoms with Crippen LogP contribution in [-0.4, -0.2) is 31.1 Å². The molecule has 0 radical (unpaired) electrons. The second kappa shape index (κ2) is 11.2. The Morgan fingerprint density at radius 3 is 2.69 bits per heavy atom. The van der Waals surface area contributed by atoms with E-state index < -0.39 is 17.8 Å². The van der Waals surface area contributed by atoms with Crippen molar-refractivity contribution in [3.8, 4) is 5.75 Å². The minimum absolute atomic E-state index is 0.316. The van der Waals surface area contributed by atoms with Gasteiger partial charge in [-0.05, 0) is 60.2 Å². The lowest BCUT2D eigenvalue weighted by molar-refractivity contribution is -0.136. The molecule has 1 aliphatic carbocycles. The Kier molecular flexibility index (Phi) is 7.79. The molecule has 0 saturated carbocycles. The number of esters is 1. The van der Waals surface area contributed by atoms with Crippen molar-refractivity contribution in [3.05, 3.63) is 80.7 Å². The van der Waals surface area contributed by atoms with Gasteiger partial charge < -0.3 is 14.8 Å². The Morgan fingerprint density at radius 1 is 1.11 bits per heavy atom. The lowest BCUT2D eigenvalue weighted by Gasteiger charge is -2.07. The molecule has 10 heteroatoms. The van der Waals surface area contributed by atoms with Crippen LogP contribution >= 0.6 is 22.9 Å². The number of halogens is 1. The normalized spacial score (nSPS) is 12.3. The molecular weight excluding hydrogens is 490 g/mol. The molecule has 0 atom stereocenters. The van der Waals surface area contributed by atoms with Gasteiger partial charge in [0.25, 0.3) is 0 Å². The van der Waals surface area contributed by atoms with E-state index in [9.17, 15) is 14.4 Å². The maximum atomic E-state index is 12.4. The quantitative estimate of drug-likeness (QED) is 0.212. The molecule has 35 heavy (non-hydrogen) atoms. The number of amides is 2. The molecule has 1 heterocycles. The molecule has 1 aromatic heterocycles. The number of carbonyl (C=O) groups excluding carboxylic acids is 3. The number of hydrogen-bond acceptors (Lipinski definition) is 7. The fourth-order valence-electron chi connectivity index (χ4n) is 3.62. The lowest BCUT2D eigenvalue weighted by atomic mass is 10.1. The molecule has 180 valence electrons. The van der Waals surface area contributed by atoms with Crippen LogP contribution in [0.15, 0.2) is 53.6 Å². The molecule has 0 spiro atoms. The summed E-state index contributed by atoms with van der Waals surface area (Å²) < 4.78 is 10.6. The Balaban J connectivity index is 1.33. The van der Waals surface area contributed by atoms with Crippen LogP contribution in [0.2, 0.25) is 5.02 Å². The summed E-state index contributed by atoms with van der Waals surface area (Å²) >= 11 is 7.19. The third-order valence-corrected chi connectivity index (χ3v) is 6.76. The number of nitrogens with zero attached hydrogens (tertiary/aromatic N) is 1. The highest BCUT2D eigenvalue weighted by atomic mass is 35.5. The number of carbonyl (C=O) groups is 3. The summed E-state index contributed by atoms with van der Waals surface area (Å²) in [6.45, 7) is 0.369. The van der Waals surface area contributed by atoms with Crippen molar-refractivity contribution in [2.75, 3.05) is 12.4 Å². The van der Waals surface area contributed by atoms with E-state index in [0.717, 1.165) is 35.3 Å². The average molecular weight is 512 g/mol. The fourth-order valence-corrected chi connectivity index (χ4v) is 5.02. The van der Waals surface area contributed by atoms with E-state index in [1.807, 2.05) is 12.1 Å². The third kappa shape index (κ3) is 6.06. The van der Waals surface area contributed by atoms with Gasteiger partial charge in [0.2, 0.25) is 0 Å². The van der Waals surface area contributed by atoms with Crippen molar-refractivity contribution >= 4 is 51.9 Å². The van der Waals surface area contributed by atoms with Gasteiger partial charge in [-0.1, -0.05) is 35.9 Å². The highest BCUT2D eigenvalue weighted by Gasteiger charge is 2.29. The van der Waals surface area contributed by atoms with Crippen molar-refractivity contribution in [2.24, 2.45) is 5.10 Å². The number of fused-ring (bicyclic) bond motifs is 1. The zero-order valence-electron chi connectivity index (χ0n) is 18.8. The van der Waals surface area contributed by atoms with Crippen molar-refractivity contribution < 1.29 is 23.9 Å². The molecule has 1 aliphatic rings. The second-order valence-electron chi connectivity index (χ2n) is 7.69. The van der Waals surface area contributed by atoms with Crippen LogP contribution in [0.1, 0.15) is 38.3 Å². The Morgan fingerprint density at radius 2 is 1.91 bits per heavy atom. The first-order valence-electron chi connectivity index (χ1n) is 10.8. The predicted octanol–water partition coefficient (Wildman–Crippen LogP) is 4.34. The van der Waals surface area contributed by atoms with Crippen molar-refractivity contribution in [1.82, 2.24) is 5.43 Å². The fraction of sp³-hybridized carbons (Fsp3) is 0.200. The zero-order chi connectivity index (χ0) is 24.8. The van der Waals surface area contributed by atoms with Gasteiger partial charge in [-0.15, -0.1) is 11.3 Å². The van der Waals surface area contributed by atoms with Crippen LogP contribution in [0.25, 0.3) is 0 Å². The minimum Gasteiger partial charge on any atom is -0.489 e. The van der Waals surface area contributed by atoms with Crippen LogP contribution in [0, 0.1) is 0 Å². The monoisotopic (exact) mass is 511 g/mol. The van der Waals surface area contributed by atoms with Gasteiger partial charge in [0.05, 0.1) is 18.9 Å². The van der Waals surface area contributed by atoms with Gasteiger partial charge in [-0.2, -0.15) is 5.10 Å². The summed E-state index contributed by atoms with van der Waals surface area (Å²) in [6, 6.07) is 14.5. The first-order valence-corrected chi connectivity index (χ1v) is 12.0. The van der Waals surface area contributed by atoms with E-state index in [1.165, 1.54) is 24.7 Å².